The molecular formula is C6H9Cl2F. The lowest BCUT2D eigenvalue weighted by Gasteiger charge is -2.08. The Kier molecular flexibility index (Phi) is 1.69. The fourth-order valence-corrected chi connectivity index (χ4v) is 1.88. The van der Waals surface area contributed by atoms with Crippen molar-refractivity contribution in [2.45, 2.75) is 24.1 Å². The highest BCUT2D eigenvalue weighted by Crippen LogP contribution is 2.65. The minimum atomic E-state index is -0.767. The average Bonchev–Trinajstić information content (AvgIpc) is 2.35. The second-order valence-electron chi connectivity index (χ2n) is 2.65. The molecule has 1 aliphatic carbocycles. The first-order chi connectivity index (χ1) is 4.08. The molecule has 1 fully saturated rings. The van der Waals surface area contributed by atoms with Crippen molar-refractivity contribution in [3.05, 3.63) is 0 Å². The van der Waals surface area contributed by atoms with Gasteiger partial charge in [0, 0.05) is 5.41 Å². The van der Waals surface area contributed by atoms with Gasteiger partial charge < -0.3 is 0 Å². The van der Waals surface area contributed by atoms with Gasteiger partial charge in [0.1, 0.15) is 4.33 Å². The van der Waals surface area contributed by atoms with Crippen LogP contribution in [0, 0.1) is 5.41 Å². The predicted molar refractivity (Wildman–Crippen MR) is 37.8 cm³/mol. The van der Waals surface area contributed by atoms with Crippen LogP contribution in [0.5, 0.6) is 0 Å². The summed E-state index contributed by atoms with van der Waals surface area (Å²) in [7, 11) is 0. The first-order valence-corrected chi connectivity index (χ1v) is 3.77. The Morgan fingerprint density at radius 2 is 2.00 bits per heavy atom. The second-order valence-corrected chi connectivity index (χ2v) is 4.13. The number of hydrogen-bond donors (Lipinski definition) is 0. The lowest BCUT2D eigenvalue weighted by molar-refractivity contribution is 0.330. The van der Waals surface area contributed by atoms with Crippen LogP contribution in [0.25, 0.3) is 0 Å². The van der Waals surface area contributed by atoms with E-state index in [1.54, 1.807) is 0 Å². The molecule has 0 nitrogen and oxygen atoms in total. The van der Waals surface area contributed by atoms with Crippen molar-refractivity contribution in [3.63, 3.8) is 0 Å². The molecule has 0 heterocycles. The highest BCUT2D eigenvalue weighted by Gasteiger charge is 2.65. The van der Waals surface area contributed by atoms with Gasteiger partial charge in [0.25, 0.3) is 0 Å². The summed E-state index contributed by atoms with van der Waals surface area (Å²) in [6.45, 7) is 1.52. The third-order valence-electron chi connectivity index (χ3n) is 2.14. The molecule has 0 aromatic rings. The summed E-state index contributed by atoms with van der Waals surface area (Å²) < 4.78 is 11.4. The fraction of sp³-hybridized carbons (Fsp3) is 1.00. The number of hydrogen-bond acceptors (Lipinski definition) is 0. The molecule has 1 unspecified atom stereocenters. The van der Waals surface area contributed by atoms with Gasteiger partial charge in [-0.1, -0.05) is 6.92 Å². The Hall–Kier alpha value is 0.510. The normalized spacial score (nSPS) is 38.7. The van der Waals surface area contributed by atoms with Gasteiger partial charge in [0.2, 0.25) is 0 Å². The summed E-state index contributed by atoms with van der Waals surface area (Å²) in [6.07, 6.45) is 1.34. The Labute approximate surface area is 64.3 Å². The van der Waals surface area contributed by atoms with E-state index in [4.69, 9.17) is 23.2 Å². The molecule has 0 N–H and O–H groups in total. The van der Waals surface area contributed by atoms with E-state index in [2.05, 4.69) is 0 Å². The molecule has 1 rings (SSSR count). The van der Waals surface area contributed by atoms with Crippen LogP contribution in [0.2, 0.25) is 0 Å². The molecule has 1 atom stereocenters. The van der Waals surface area contributed by atoms with Crippen LogP contribution in [-0.4, -0.2) is 11.0 Å². The van der Waals surface area contributed by atoms with Crippen LogP contribution >= 0.6 is 23.2 Å². The van der Waals surface area contributed by atoms with Crippen molar-refractivity contribution in [1.29, 1.82) is 0 Å². The zero-order valence-electron chi connectivity index (χ0n) is 5.26. The summed E-state index contributed by atoms with van der Waals surface area (Å²) in [6, 6.07) is 0. The molecule has 0 amide bonds. The molecular weight excluding hydrogens is 162 g/mol. The van der Waals surface area contributed by atoms with Gasteiger partial charge in [0.15, 0.2) is 0 Å². The van der Waals surface area contributed by atoms with Crippen LogP contribution in [0.3, 0.4) is 0 Å². The molecule has 0 aromatic carbocycles. The summed E-state index contributed by atoms with van der Waals surface area (Å²) in [5.74, 6) is 0. The first-order valence-electron chi connectivity index (χ1n) is 3.02. The average molecular weight is 171 g/mol. The fourth-order valence-electron chi connectivity index (χ4n) is 1.00. The van der Waals surface area contributed by atoms with Crippen molar-refractivity contribution in [2.75, 3.05) is 6.67 Å². The SMILES string of the molecule is CCC1(CF)CC1(Cl)Cl. The highest BCUT2D eigenvalue weighted by atomic mass is 35.5. The monoisotopic (exact) mass is 170 g/mol. The largest absolute Gasteiger partial charge is 0.250 e. The standard InChI is InChI=1S/C6H9Cl2F/c1-2-5(4-9)3-6(5,7)8/h2-4H2,1H3. The van der Waals surface area contributed by atoms with Crippen molar-refractivity contribution >= 4 is 23.2 Å². The van der Waals surface area contributed by atoms with Crippen LogP contribution in [0.4, 0.5) is 4.39 Å². The third kappa shape index (κ3) is 0.947. The molecule has 54 valence electrons. The van der Waals surface area contributed by atoms with Gasteiger partial charge in [-0.3, -0.25) is 4.39 Å². The Balaban J connectivity index is 2.57. The summed E-state index contributed by atoms with van der Waals surface area (Å²) in [5.41, 5.74) is -0.407. The van der Waals surface area contributed by atoms with E-state index in [1.807, 2.05) is 6.92 Å². The summed E-state index contributed by atoms with van der Waals surface area (Å²) in [4.78, 5) is 0. The first kappa shape index (κ1) is 7.62. The molecule has 0 radical (unpaired) electrons. The number of halogens is 3. The minimum Gasteiger partial charge on any atom is -0.250 e. The van der Waals surface area contributed by atoms with E-state index >= 15 is 0 Å². The number of rotatable bonds is 2. The third-order valence-corrected chi connectivity index (χ3v) is 3.21. The van der Waals surface area contributed by atoms with Crippen LogP contribution in [0.15, 0.2) is 0 Å². The van der Waals surface area contributed by atoms with Crippen molar-refractivity contribution in [2.24, 2.45) is 5.41 Å². The quantitative estimate of drug-likeness (QED) is 0.560. The maximum Gasteiger partial charge on any atom is 0.127 e. The Morgan fingerprint density at radius 3 is 2.00 bits per heavy atom. The van der Waals surface area contributed by atoms with Crippen LogP contribution < -0.4 is 0 Å². The molecule has 0 saturated heterocycles. The van der Waals surface area contributed by atoms with E-state index in [0.717, 1.165) is 6.42 Å². The van der Waals surface area contributed by atoms with E-state index in [9.17, 15) is 4.39 Å². The van der Waals surface area contributed by atoms with E-state index in [1.165, 1.54) is 0 Å². The maximum atomic E-state index is 12.2. The van der Waals surface area contributed by atoms with Crippen molar-refractivity contribution in [3.8, 4) is 0 Å². The van der Waals surface area contributed by atoms with E-state index < -0.39 is 16.4 Å². The smallest absolute Gasteiger partial charge is 0.127 e. The summed E-state index contributed by atoms with van der Waals surface area (Å²) >= 11 is 11.4. The molecule has 1 saturated carbocycles. The molecule has 3 heteroatoms. The molecule has 0 spiro atoms. The van der Waals surface area contributed by atoms with Gasteiger partial charge in [-0.25, -0.2) is 0 Å². The Bertz CT molecular complexity index is 118. The van der Waals surface area contributed by atoms with Crippen molar-refractivity contribution in [1.82, 2.24) is 0 Å². The lowest BCUT2D eigenvalue weighted by atomic mass is 10.1. The van der Waals surface area contributed by atoms with E-state index in [-0.39, 0.29) is 0 Å². The predicted octanol–water partition coefficient (Wildman–Crippen LogP) is 2.93. The molecule has 0 aliphatic heterocycles. The molecule has 9 heavy (non-hydrogen) atoms. The molecule has 0 bridgehead atoms. The van der Waals surface area contributed by atoms with Gasteiger partial charge >= 0.3 is 0 Å². The highest BCUT2D eigenvalue weighted by molar-refractivity contribution is 6.51. The minimum absolute atomic E-state index is 0.392. The molecule has 0 aromatic heterocycles. The lowest BCUT2D eigenvalue weighted by Crippen LogP contribution is -2.09. The van der Waals surface area contributed by atoms with Crippen molar-refractivity contribution < 1.29 is 4.39 Å². The zero-order valence-corrected chi connectivity index (χ0v) is 6.77. The van der Waals surface area contributed by atoms with E-state index in [0.29, 0.717) is 6.42 Å². The van der Waals surface area contributed by atoms with Gasteiger partial charge in [-0.2, -0.15) is 0 Å². The van der Waals surface area contributed by atoms with Crippen LogP contribution in [0.1, 0.15) is 19.8 Å². The Morgan fingerprint density at radius 1 is 1.56 bits per heavy atom. The number of alkyl halides is 3. The van der Waals surface area contributed by atoms with Gasteiger partial charge in [-0.15, -0.1) is 23.2 Å². The topological polar surface area (TPSA) is 0 Å². The zero-order chi connectivity index (χ0) is 7.12. The second kappa shape index (κ2) is 2.00. The van der Waals surface area contributed by atoms with Gasteiger partial charge in [-0.05, 0) is 12.8 Å². The summed E-state index contributed by atoms with van der Waals surface area (Å²) in [5, 5.41) is 0. The maximum absolute atomic E-state index is 12.2. The molecule has 1 aliphatic rings. The van der Waals surface area contributed by atoms with Crippen LogP contribution in [-0.2, 0) is 0 Å². The van der Waals surface area contributed by atoms with Gasteiger partial charge in [0.05, 0.1) is 6.67 Å².